The number of hydrogen-bond acceptors (Lipinski definition) is 6. The number of methoxy groups -OCH3 is 1. The first kappa shape index (κ1) is 26.3. The molecule has 36 heavy (non-hydrogen) atoms. The average Bonchev–Trinajstić information content (AvgIpc) is 3.31. The van der Waals surface area contributed by atoms with Gasteiger partial charge in [-0.3, -0.25) is 4.79 Å². The number of likely N-dealkylation sites (tertiary alicyclic amines) is 2. The minimum atomic E-state index is -0.686. The molecule has 2 aliphatic heterocycles. The van der Waals surface area contributed by atoms with Crippen molar-refractivity contribution in [1.29, 1.82) is 0 Å². The monoisotopic (exact) mass is 498 g/mol. The highest BCUT2D eigenvalue weighted by Gasteiger charge is 2.22. The smallest absolute Gasteiger partial charge is 0.219 e. The first-order chi connectivity index (χ1) is 17.5. The van der Waals surface area contributed by atoms with E-state index in [9.17, 15) is 9.18 Å². The molecule has 0 aliphatic carbocycles. The molecule has 3 heterocycles. The van der Waals surface area contributed by atoms with E-state index in [4.69, 9.17) is 14.5 Å². The minimum Gasteiger partial charge on any atom is -0.493 e. The van der Waals surface area contributed by atoms with Crippen LogP contribution >= 0.6 is 0 Å². The lowest BCUT2D eigenvalue weighted by Crippen LogP contribution is -2.37. The summed E-state index contributed by atoms with van der Waals surface area (Å²) in [7, 11) is 1.64. The molecule has 0 unspecified atom stereocenters. The molecule has 0 bridgehead atoms. The second-order valence-electron chi connectivity index (χ2n) is 10.0. The summed E-state index contributed by atoms with van der Waals surface area (Å²) in [6.07, 6.45) is 7.42. The van der Waals surface area contributed by atoms with Crippen LogP contribution in [-0.4, -0.2) is 78.3 Å². The number of aryl methyl sites for hydroxylation is 1. The summed E-state index contributed by atoms with van der Waals surface area (Å²) in [4.78, 5) is 24.9. The van der Waals surface area contributed by atoms with Gasteiger partial charge in [-0.25, -0.2) is 14.4 Å². The predicted octanol–water partition coefficient (Wildman–Crippen LogP) is 4.08. The van der Waals surface area contributed by atoms with E-state index in [0.29, 0.717) is 43.4 Å². The maximum absolute atomic E-state index is 13.3. The Labute approximate surface area is 214 Å². The lowest BCUT2D eigenvalue weighted by molar-refractivity contribution is -0.130. The maximum Gasteiger partial charge on any atom is 0.219 e. The van der Waals surface area contributed by atoms with E-state index in [0.717, 1.165) is 75.4 Å². The molecule has 0 radical (unpaired) electrons. The summed E-state index contributed by atoms with van der Waals surface area (Å²) < 4.78 is 24.9. The Morgan fingerprint density at radius 2 is 1.97 bits per heavy atom. The number of nitrogens with zero attached hydrogens (tertiary/aromatic N) is 4. The third-order valence-corrected chi connectivity index (χ3v) is 7.31. The SMILES string of the molecule is COc1ccc(Cc2nccc(CCC3CCN(C(C)=O)CC3)n2)cc1OCCCN1CC[C@@H](F)C1. The van der Waals surface area contributed by atoms with Gasteiger partial charge in [0.1, 0.15) is 12.0 Å². The Bertz CT molecular complexity index is 997. The number of ether oxygens (including phenoxy) is 2. The van der Waals surface area contributed by atoms with Gasteiger partial charge >= 0.3 is 0 Å². The van der Waals surface area contributed by atoms with Crippen LogP contribution in [0.5, 0.6) is 11.5 Å². The summed E-state index contributed by atoms with van der Waals surface area (Å²) >= 11 is 0. The fourth-order valence-electron chi connectivity index (χ4n) is 5.14. The second kappa shape index (κ2) is 13.0. The number of alkyl halides is 1. The van der Waals surface area contributed by atoms with Crippen molar-refractivity contribution < 1.29 is 18.7 Å². The van der Waals surface area contributed by atoms with Crippen molar-refractivity contribution in [3.63, 3.8) is 0 Å². The Morgan fingerprint density at radius 1 is 1.14 bits per heavy atom. The molecule has 8 heteroatoms. The Hall–Kier alpha value is -2.74. The van der Waals surface area contributed by atoms with E-state index in [1.54, 1.807) is 14.0 Å². The maximum atomic E-state index is 13.3. The minimum absolute atomic E-state index is 0.180. The first-order valence-corrected chi connectivity index (χ1v) is 13.2. The molecule has 7 nitrogen and oxygen atoms in total. The lowest BCUT2D eigenvalue weighted by Gasteiger charge is -2.31. The van der Waals surface area contributed by atoms with Gasteiger partial charge < -0.3 is 19.3 Å². The summed E-state index contributed by atoms with van der Waals surface area (Å²) in [5.74, 6) is 3.04. The number of rotatable bonds is 11. The molecule has 0 N–H and O–H groups in total. The van der Waals surface area contributed by atoms with Crippen molar-refractivity contribution >= 4 is 5.91 Å². The second-order valence-corrected chi connectivity index (χ2v) is 10.0. The molecule has 1 atom stereocenters. The highest BCUT2D eigenvalue weighted by Crippen LogP contribution is 2.29. The normalized spacial score (nSPS) is 19.0. The lowest BCUT2D eigenvalue weighted by atomic mass is 9.91. The molecule has 2 aliphatic rings. The van der Waals surface area contributed by atoms with Crippen molar-refractivity contribution in [2.45, 2.75) is 58.0 Å². The number of carbonyl (C=O) groups is 1. The molecule has 2 aromatic rings. The molecule has 196 valence electrons. The zero-order valence-electron chi connectivity index (χ0n) is 21.6. The first-order valence-electron chi connectivity index (χ1n) is 13.2. The van der Waals surface area contributed by atoms with Crippen molar-refractivity contribution in [2.75, 3.05) is 46.4 Å². The van der Waals surface area contributed by atoms with Gasteiger partial charge in [0.05, 0.1) is 13.7 Å². The van der Waals surface area contributed by atoms with E-state index < -0.39 is 6.17 Å². The number of halogens is 1. The van der Waals surface area contributed by atoms with E-state index in [2.05, 4.69) is 9.88 Å². The summed E-state index contributed by atoms with van der Waals surface area (Å²) in [5, 5.41) is 0. The summed E-state index contributed by atoms with van der Waals surface area (Å²) in [5.41, 5.74) is 2.13. The number of piperidine rings is 1. The van der Waals surface area contributed by atoms with Crippen LogP contribution in [0.2, 0.25) is 0 Å². The van der Waals surface area contributed by atoms with E-state index in [-0.39, 0.29) is 5.91 Å². The number of amides is 1. The van der Waals surface area contributed by atoms with Gasteiger partial charge in [-0.2, -0.15) is 0 Å². The van der Waals surface area contributed by atoms with Crippen LogP contribution < -0.4 is 9.47 Å². The third-order valence-electron chi connectivity index (χ3n) is 7.31. The van der Waals surface area contributed by atoms with Gasteiger partial charge in [0, 0.05) is 58.0 Å². The standard InChI is InChI=1S/C28H39FN4O3/c1-21(34)33-15-9-22(10-16-33)4-6-25-8-12-30-28(31-25)19-23-5-7-26(35-2)27(18-23)36-17-3-13-32-14-11-24(29)20-32/h5,7-8,12,18,22,24H,3-4,6,9-11,13-17,19-20H2,1-2H3/t24-/m1/s1. The molecule has 2 saturated heterocycles. The van der Waals surface area contributed by atoms with Gasteiger partial charge in [0.25, 0.3) is 0 Å². The Morgan fingerprint density at radius 3 is 2.69 bits per heavy atom. The van der Waals surface area contributed by atoms with E-state index in [1.165, 1.54) is 0 Å². The van der Waals surface area contributed by atoms with Crippen LogP contribution in [0.3, 0.4) is 0 Å². The van der Waals surface area contributed by atoms with Crippen molar-refractivity contribution in [3.05, 3.63) is 47.5 Å². The fourth-order valence-corrected chi connectivity index (χ4v) is 5.14. The van der Waals surface area contributed by atoms with Crippen molar-refractivity contribution in [1.82, 2.24) is 19.8 Å². The van der Waals surface area contributed by atoms with Gasteiger partial charge in [-0.05, 0) is 68.2 Å². The zero-order chi connectivity index (χ0) is 25.3. The highest BCUT2D eigenvalue weighted by molar-refractivity contribution is 5.73. The fraction of sp³-hybridized carbons (Fsp3) is 0.607. The number of aromatic nitrogens is 2. The predicted molar refractivity (Wildman–Crippen MR) is 137 cm³/mol. The average molecular weight is 499 g/mol. The van der Waals surface area contributed by atoms with Crippen LogP contribution in [-0.2, 0) is 17.6 Å². The van der Waals surface area contributed by atoms with Gasteiger partial charge in [0.15, 0.2) is 11.5 Å². The van der Waals surface area contributed by atoms with Crippen LogP contribution in [0.15, 0.2) is 30.5 Å². The molecule has 0 saturated carbocycles. The van der Waals surface area contributed by atoms with Gasteiger partial charge in [-0.1, -0.05) is 6.07 Å². The molecule has 1 amide bonds. The molecule has 4 rings (SSSR count). The van der Waals surface area contributed by atoms with Gasteiger partial charge in [-0.15, -0.1) is 0 Å². The van der Waals surface area contributed by atoms with Crippen LogP contribution in [0.25, 0.3) is 0 Å². The largest absolute Gasteiger partial charge is 0.493 e. The van der Waals surface area contributed by atoms with Gasteiger partial charge in [0.2, 0.25) is 5.91 Å². The summed E-state index contributed by atoms with van der Waals surface area (Å²) in [6.45, 7) is 6.16. The zero-order valence-corrected chi connectivity index (χ0v) is 21.6. The molecule has 1 aromatic heterocycles. The van der Waals surface area contributed by atoms with E-state index >= 15 is 0 Å². The summed E-state index contributed by atoms with van der Waals surface area (Å²) in [6, 6.07) is 7.96. The van der Waals surface area contributed by atoms with Crippen LogP contribution in [0, 0.1) is 5.92 Å². The third kappa shape index (κ3) is 7.63. The molecule has 0 spiro atoms. The number of hydrogen-bond donors (Lipinski definition) is 0. The Kier molecular flexibility index (Phi) is 9.50. The van der Waals surface area contributed by atoms with Crippen LogP contribution in [0.4, 0.5) is 4.39 Å². The molecule has 1 aromatic carbocycles. The topological polar surface area (TPSA) is 67.8 Å². The molecular formula is C28H39FN4O3. The number of carbonyl (C=O) groups excluding carboxylic acids is 1. The Balaban J connectivity index is 1.27. The highest BCUT2D eigenvalue weighted by atomic mass is 19.1. The van der Waals surface area contributed by atoms with Crippen LogP contribution in [0.1, 0.15) is 56.1 Å². The number of benzene rings is 1. The quantitative estimate of drug-likeness (QED) is 0.435. The van der Waals surface area contributed by atoms with Crippen molar-refractivity contribution in [3.8, 4) is 11.5 Å². The van der Waals surface area contributed by atoms with E-state index in [1.807, 2.05) is 35.4 Å². The molecular weight excluding hydrogens is 459 g/mol. The van der Waals surface area contributed by atoms with Crippen molar-refractivity contribution in [2.24, 2.45) is 5.92 Å². The molecule has 2 fully saturated rings.